The fourth-order valence-corrected chi connectivity index (χ4v) is 1.91. The number of nitrogens with zero attached hydrogens (tertiary/aromatic N) is 1. The van der Waals surface area contributed by atoms with E-state index in [4.69, 9.17) is 0 Å². The lowest BCUT2D eigenvalue weighted by Gasteiger charge is -2.13. The quantitative estimate of drug-likeness (QED) is 0.766. The third kappa shape index (κ3) is 3.53. The molecule has 0 fully saturated rings. The molecule has 2 rings (SSSR count). The van der Waals surface area contributed by atoms with Gasteiger partial charge in [-0.05, 0) is 30.2 Å². The van der Waals surface area contributed by atoms with Crippen molar-refractivity contribution in [3.05, 3.63) is 59.4 Å². The van der Waals surface area contributed by atoms with E-state index in [0.29, 0.717) is 18.8 Å². The largest absolute Gasteiger partial charge is 0.507 e. The van der Waals surface area contributed by atoms with Crippen LogP contribution in [0.3, 0.4) is 0 Å². The highest BCUT2D eigenvalue weighted by Crippen LogP contribution is 2.21. The van der Waals surface area contributed by atoms with Gasteiger partial charge in [-0.25, -0.2) is 0 Å². The van der Waals surface area contributed by atoms with Crippen molar-refractivity contribution in [3.8, 4) is 5.75 Å². The summed E-state index contributed by atoms with van der Waals surface area (Å²) in [4.78, 5) is 3.91. The summed E-state index contributed by atoms with van der Waals surface area (Å²) in [6, 6.07) is 9.22. The molecule has 0 aliphatic rings. The van der Waals surface area contributed by atoms with E-state index in [-0.39, 0.29) is 0 Å². The van der Waals surface area contributed by atoms with Crippen LogP contribution < -0.4 is 5.32 Å². The number of phenolic OH excluding ortho intramolecular Hbond substituents is 1. The van der Waals surface area contributed by atoms with Crippen LogP contribution in [0.5, 0.6) is 5.75 Å². The molecule has 2 aromatic rings. The maximum absolute atomic E-state index is 9.97. The van der Waals surface area contributed by atoms with Crippen molar-refractivity contribution >= 4 is 0 Å². The molecule has 1 aromatic carbocycles. The van der Waals surface area contributed by atoms with Crippen molar-refractivity contribution < 1.29 is 10.2 Å². The number of aliphatic hydroxyl groups excluding tert-OH is 1. The molecule has 1 heterocycles. The summed E-state index contributed by atoms with van der Waals surface area (Å²) in [7, 11) is 0. The van der Waals surface area contributed by atoms with Gasteiger partial charge in [0.15, 0.2) is 0 Å². The predicted octanol–water partition coefficient (Wildman–Crippen LogP) is 1.92. The summed E-state index contributed by atoms with van der Waals surface area (Å²) in [6.07, 6.45) is 2.74. The number of benzene rings is 1. The van der Waals surface area contributed by atoms with Crippen molar-refractivity contribution in [1.29, 1.82) is 0 Å². The highest BCUT2D eigenvalue weighted by Gasteiger charge is 2.07. The number of aromatic hydroxyl groups is 1. The van der Waals surface area contributed by atoms with Crippen LogP contribution in [0.2, 0.25) is 0 Å². The number of phenols is 1. The first-order valence-electron chi connectivity index (χ1n) is 6.24. The first kappa shape index (κ1) is 13.5. The van der Waals surface area contributed by atoms with Gasteiger partial charge in [-0.1, -0.05) is 18.2 Å². The molecule has 100 valence electrons. The lowest BCUT2D eigenvalue weighted by molar-refractivity contribution is 0.174. The molecule has 1 atom stereocenters. The zero-order valence-electron chi connectivity index (χ0n) is 10.9. The normalized spacial score (nSPS) is 12.3. The highest BCUT2D eigenvalue weighted by molar-refractivity contribution is 5.39. The Bertz CT molecular complexity index is 529. The lowest BCUT2D eigenvalue weighted by Crippen LogP contribution is -2.21. The number of aromatic nitrogens is 1. The summed E-state index contributed by atoms with van der Waals surface area (Å²) in [5.74, 6) is 0.313. The van der Waals surface area contributed by atoms with Crippen LogP contribution in [-0.2, 0) is 6.54 Å². The molecule has 0 radical (unpaired) electrons. The summed E-state index contributed by atoms with van der Waals surface area (Å²) in [5, 5.41) is 23.0. The first-order valence-corrected chi connectivity index (χ1v) is 6.24. The Hall–Kier alpha value is -1.91. The van der Waals surface area contributed by atoms with Crippen LogP contribution in [0.4, 0.5) is 0 Å². The van der Waals surface area contributed by atoms with Crippen molar-refractivity contribution in [2.75, 3.05) is 6.54 Å². The van der Waals surface area contributed by atoms with Crippen LogP contribution >= 0.6 is 0 Å². The van der Waals surface area contributed by atoms with Gasteiger partial charge >= 0.3 is 0 Å². The molecule has 1 unspecified atom stereocenters. The number of para-hydroxylation sites is 1. The smallest absolute Gasteiger partial charge is 0.122 e. The molecule has 0 aliphatic carbocycles. The van der Waals surface area contributed by atoms with E-state index in [1.807, 2.05) is 25.1 Å². The third-order valence-corrected chi connectivity index (χ3v) is 3.07. The zero-order chi connectivity index (χ0) is 13.7. The maximum Gasteiger partial charge on any atom is 0.122 e. The second-order valence-electron chi connectivity index (χ2n) is 4.51. The minimum absolute atomic E-state index is 0.313. The molecule has 0 bridgehead atoms. The Morgan fingerprint density at radius 2 is 1.95 bits per heavy atom. The number of hydrogen-bond donors (Lipinski definition) is 3. The van der Waals surface area contributed by atoms with Gasteiger partial charge < -0.3 is 15.5 Å². The molecule has 4 heteroatoms. The minimum atomic E-state index is -0.574. The van der Waals surface area contributed by atoms with Crippen LogP contribution in [0.15, 0.2) is 42.7 Å². The number of rotatable bonds is 5. The van der Waals surface area contributed by atoms with E-state index >= 15 is 0 Å². The predicted molar refractivity (Wildman–Crippen MR) is 73.7 cm³/mol. The lowest BCUT2D eigenvalue weighted by atomic mass is 10.1. The molecular weight excluding hydrogens is 240 g/mol. The molecule has 3 N–H and O–H groups in total. The van der Waals surface area contributed by atoms with E-state index in [9.17, 15) is 10.2 Å². The van der Waals surface area contributed by atoms with Gasteiger partial charge in [0.05, 0.1) is 6.10 Å². The maximum atomic E-state index is 9.97. The fourth-order valence-electron chi connectivity index (χ4n) is 1.91. The summed E-state index contributed by atoms with van der Waals surface area (Å²) in [5.41, 5.74) is 2.52. The van der Waals surface area contributed by atoms with E-state index in [1.54, 1.807) is 24.5 Å². The van der Waals surface area contributed by atoms with Crippen molar-refractivity contribution in [3.63, 3.8) is 0 Å². The third-order valence-electron chi connectivity index (χ3n) is 3.07. The van der Waals surface area contributed by atoms with Crippen LogP contribution in [-0.4, -0.2) is 21.7 Å². The van der Waals surface area contributed by atoms with E-state index in [1.165, 1.54) is 0 Å². The molecule has 19 heavy (non-hydrogen) atoms. The number of aliphatic hydroxyl groups is 1. The Morgan fingerprint density at radius 1 is 1.21 bits per heavy atom. The molecule has 0 saturated carbocycles. The zero-order valence-corrected chi connectivity index (χ0v) is 10.9. The molecule has 4 nitrogen and oxygen atoms in total. The van der Waals surface area contributed by atoms with Crippen LogP contribution in [0, 0.1) is 6.92 Å². The SMILES string of the molecule is Cc1cccc(CNCC(O)c2ccncc2)c1O. The number of nitrogens with one attached hydrogen (secondary N) is 1. The second-order valence-corrected chi connectivity index (χ2v) is 4.51. The second kappa shape index (κ2) is 6.31. The number of aryl methyl sites for hydroxylation is 1. The van der Waals surface area contributed by atoms with Gasteiger partial charge in [-0.15, -0.1) is 0 Å². The van der Waals surface area contributed by atoms with E-state index < -0.39 is 6.10 Å². The number of pyridine rings is 1. The molecule has 0 aliphatic heterocycles. The topological polar surface area (TPSA) is 65.4 Å². The Morgan fingerprint density at radius 3 is 2.68 bits per heavy atom. The van der Waals surface area contributed by atoms with E-state index in [2.05, 4.69) is 10.3 Å². The van der Waals surface area contributed by atoms with Gasteiger partial charge in [0.2, 0.25) is 0 Å². The monoisotopic (exact) mass is 258 g/mol. The van der Waals surface area contributed by atoms with Gasteiger partial charge in [0.1, 0.15) is 5.75 Å². The van der Waals surface area contributed by atoms with Crippen molar-refractivity contribution in [2.45, 2.75) is 19.6 Å². The Labute approximate surface area is 112 Å². The van der Waals surface area contributed by atoms with Crippen molar-refractivity contribution in [2.24, 2.45) is 0 Å². The van der Waals surface area contributed by atoms with Crippen LogP contribution in [0.25, 0.3) is 0 Å². The van der Waals surface area contributed by atoms with Gasteiger partial charge in [0.25, 0.3) is 0 Å². The van der Waals surface area contributed by atoms with Crippen LogP contribution in [0.1, 0.15) is 22.8 Å². The summed E-state index contributed by atoms with van der Waals surface area (Å²) >= 11 is 0. The Kier molecular flexibility index (Phi) is 4.49. The average molecular weight is 258 g/mol. The van der Waals surface area contributed by atoms with Crippen molar-refractivity contribution in [1.82, 2.24) is 10.3 Å². The molecular formula is C15H18N2O2. The highest BCUT2D eigenvalue weighted by atomic mass is 16.3. The molecule has 0 spiro atoms. The van der Waals surface area contributed by atoms with E-state index in [0.717, 1.165) is 16.7 Å². The molecule has 1 aromatic heterocycles. The summed E-state index contributed by atoms with van der Waals surface area (Å²) < 4.78 is 0. The van der Waals surface area contributed by atoms with Gasteiger partial charge in [-0.3, -0.25) is 4.98 Å². The van der Waals surface area contributed by atoms with Gasteiger partial charge in [0, 0.05) is 31.0 Å². The molecule has 0 amide bonds. The standard InChI is InChI=1S/C15H18N2O2/c1-11-3-2-4-13(15(11)19)9-17-10-14(18)12-5-7-16-8-6-12/h2-8,14,17-19H,9-10H2,1H3. The Balaban J connectivity index is 1.88. The first-order chi connectivity index (χ1) is 9.18. The average Bonchev–Trinajstić information content (AvgIpc) is 2.44. The fraction of sp³-hybridized carbons (Fsp3) is 0.267. The number of hydrogen-bond acceptors (Lipinski definition) is 4. The van der Waals surface area contributed by atoms with Gasteiger partial charge in [-0.2, -0.15) is 0 Å². The molecule has 0 saturated heterocycles. The summed E-state index contributed by atoms with van der Waals surface area (Å²) in [6.45, 7) is 2.82. The minimum Gasteiger partial charge on any atom is -0.507 e.